The van der Waals surface area contributed by atoms with Crippen LogP contribution < -0.4 is 9.64 Å². The highest BCUT2D eigenvalue weighted by atomic mass is 35.5. The van der Waals surface area contributed by atoms with Crippen LogP contribution in [0.2, 0.25) is 5.02 Å². The van der Waals surface area contributed by atoms with Gasteiger partial charge < -0.3 is 14.4 Å². The molecule has 1 aromatic carbocycles. The van der Waals surface area contributed by atoms with Crippen LogP contribution in [-0.2, 0) is 42.6 Å². The lowest BCUT2D eigenvalue weighted by atomic mass is 9.88. The molecule has 9 heterocycles. The second-order valence-electron chi connectivity index (χ2n) is 30.7. The molecule has 1 saturated heterocycles. The Bertz CT molecular complexity index is 3310. The summed E-state index contributed by atoms with van der Waals surface area (Å²) in [4.78, 5) is 40.0. The second kappa shape index (κ2) is 38.0. The third-order valence-electron chi connectivity index (χ3n) is 14.5. The molecule has 0 unspecified atom stereocenters. The Kier molecular flexibility index (Phi) is 32.6. The predicted octanol–water partition coefficient (Wildman–Crippen LogP) is 21.0. The van der Waals surface area contributed by atoms with Gasteiger partial charge >= 0.3 is 0 Å². The molecule has 0 aliphatic carbocycles. The van der Waals surface area contributed by atoms with E-state index in [0.29, 0.717) is 22.6 Å². The van der Waals surface area contributed by atoms with Crippen molar-refractivity contribution in [2.75, 3.05) is 31.2 Å². The number of hydrogen-bond acceptors (Lipinski definition) is 12. The van der Waals surface area contributed by atoms with Crippen LogP contribution in [0.25, 0.3) is 0 Å². The maximum atomic E-state index is 12.8. The molecular formula is C81H112ClFN10O2. The maximum absolute atomic E-state index is 12.8. The molecular weight excluding hydrogens is 1200 g/mol. The van der Waals surface area contributed by atoms with Crippen molar-refractivity contribution in [2.45, 2.75) is 210 Å². The van der Waals surface area contributed by atoms with Crippen LogP contribution in [0.3, 0.4) is 0 Å². The molecule has 1 fully saturated rings. The van der Waals surface area contributed by atoms with Crippen LogP contribution in [0.5, 0.6) is 11.6 Å². The Hall–Kier alpha value is -7.87. The first kappa shape index (κ1) is 81.4. The highest BCUT2D eigenvalue weighted by Crippen LogP contribution is 2.33. The van der Waals surface area contributed by atoms with E-state index in [9.17, 15) is 4.39 Å². The fourth-order valence-electron chi connectivity index (χ4n) is 8.54. The second-order valence-corrected chi connectivity index (χ2v) is 31.1. The molecule has 1 aliphatic heterocycles. The molecule has 0 radical (unpaired) electrons. The van der Waals surface area contributed by atoms with Gasteiger partial charge in [0.25, 0.3) is 0 Å². The van der Waals surface area contributed by atoms with Gasteiger partial charge in [0, 0.05) is 126 Å². The molecule has 10 rings (SSSR count). The smallest absolute Gasteiger partial charge is 0.222 e. The lowest BCUT2D eigenvalue weighted by Gasteiger charge is -2.28. The Balaban J connectivity index is 0.000000286. The zero-order valence-electron chi connectivity index (χ0n) is 61.8. The van der Waals surface area contributed by atoms with Crippen LogP contribution in [0, 0.1) is 12.7 Å². The SMILES string of the molecule is CC(C)(C)c1ccc(Cl)cn1.CC(C)(C)c1ccc(N2CCOCC2)nc1.CC(C)(C)c1ccccn1.CC(C)(C)c1cccnc1.CC(C)(C)c1cccnc1Oc1ccc(F)cc1.CC(C)(C)c1ccncc1.CC(C)(C)c1cnccn1.Cc1cccnc1C(C)C. The van der Waals surface area contributed by atoms with E-state index in [4.69, 9.17) is 21.1 Å². The van der Waals surface area contributed by atoms with Gasteiger partial charge in [-0.2, -0.15) is 0 Å². The van der Waals surface area contributed by atoms with Crippen LogP contribution in [0.1, 0.15) is 216 Å². The zero-order valence-corrected chi connectivity index (χ0v) is 62.6. The molecule has 8 aromatic heterocycles. The van der Waals surface area contributed by atoms with E-state index < -0.39 is 0 Å². The van der Waals surface area contributed by atoms with E-state index in [1.165, 1.54) is 40.1 Å². The normalized spacial score (nSPS) is 12.4. The van der Waals surface area contributed by atoms with Crippen molar-refractivity contribution in [3.05, 3.63) is 251 Å². The van der Waals surface area contributed by atoms with E-state index in [2.05, 4.69) is 258 Å². The van der Waals surface area contributed by atoms with E-state index in [1.807, 2.05) is 85.7 Å². The summed E-state index contributed by atoms with van der Waals surface area (Å²) >= 11 is 5.70. The van der Waals surface area contributed by atoms with Gasteiger partial charge in [0.05, 0.1) is 23.9 Å². The average Bonchev–Trinajstić information content (AvgIpc) is 0.883. The number of ether oxygens (including phenoxy) is 2. The number of rotatable bonds is 4. The number of benzene rings is 1. The van der Waals surface area contributed by atoms with Crippen molar-refractivity contribution in [3.8, 4) is 11.6 Å². The number of hydrogen-bond donors (Lipinski definition) is 0. The van der Waals surface area contributed by atoms with Crippen LogP contribution >= 0.6 is 11.6 Å². The number of morpholine rings is 1. The van der Waals surface area contributed by atoms with Crippen molar-refractivity contribution in [1.82, 2.24) is 44.9 Å². The molecule has 12 nitrogen and oxygen atoms in total. The highest BCUT2D eigenvalue weighted by Gasteiger charge is 2.22. The summed E-state index contributed by atoms with van der Waals surface area (Å²) in [5.74, 6) is 2.48. The number of pyridine rings is 7. The zero-order chi connectivity index (χ0) is 71.3. The highest BCUT2D eigenvalue weighted by molar-refractivity contribution is 6.30. The minimum atomic E-state index is -0.278. The van der Waals surface area contributed by atoms with Gasteiger partial charge in [-0.1, -0.05) is 201 Å². The Morgan fingerprint density at radius 2 is 0.958 bits per heavy atom. The first-order valence-corrected chi connectivity index (χ1v) is 33.3. The third kappa shape index (κ3) is 32.0. The molecule has 14 heteroatoms. The largest absolute Gasteiger partial charge is 0.439 e. The fraction of sp³-hybridized carbons (Fsp3) is 0.444. The molecule has 0 saturated carbocycles. The third-order valence-corrected chi connectivity index (χ3v) is 14.7. The number of halogens is 2. The molecule has 1 aliphatic rings. The summed E-state index contributed by atoms with van der Waals surface area (Å²) in [6, 6.07) is 36.2. The monoisotopic (exact) mass is 1310 g/mol. The number of aryl methyl sites for hydroxylation is 1. The van der Waals surface area contributed by atoms with Crippen LogP contribution in [-0.4, -0.2) is 71.2 Å². The summed E-state index contributed by atoms with van der Waals surface area (Å²) in [6.45, 7) is 55.2. The van der Waals surface area contributed by atoms with Crippen molar-refractivity contribution >= 4 is 17.4 Å². The predicted molar refractivity (Wildman–Crippen MR) is 396 cm³/mol. The van der Waals surface area contributed by atoms with Crippen molar-refractivity contribution < 1.29 is 13.9 Å². The van der Waals surface area contributed by atoms with Crippen molar-refractivity contribution in [1.29, 1.82) is 0 Å². The Morgan fingerprint density at radius 1 is 0.421 bits per heavy atom. The summed E-state index contributed by atoms with van der Waals surface area (Å²) in [5, 5.41) is 0.693. The van der Waals surface area contributed by atoms with Gasteiger partial charge in [0.15, 0.2) is 0 Å². The molecule has 0 bridgehead atoms. The molecule has 0 atom stereocenters. The van der Waals surface area contributed by atoms with E-state index in [1.54, 1.807) is 49.3 Å². The van der Waals surface area contributed by atoms with E-state index in [-0.39, 0.29) is 43.7 Å². The maximum Gasteiger partial charge on any atom is 0.222 e. The van der Waals surface area contributed by atoms with Gasteiger partial charge in [-0.3, -0.25) is 34.9 Å². The summed E-state index contributed by atoms with van der Waals surface area (Å²) in [5.41, 5.74) is 11.7. The summed E-state index contributed by atoms with van der Waals surface area (Å²) in [7, 11) is 0. The number of nitrogens with zero attached hydrogens (tertiary/aromatic N) is 10. The number of aromatic nitrogens is 9. The molecule has 0 amide bonds. The topological polar surface area (TPSA) is 138 Å². The Morgan fingerprint density at radius 3 is 1.37 bits per heavy atom. The standard InChI is InChI=1S/C15H16FNO.C13H20N2O.C9H12ClN.4C9H13N.C8H12N2/c1-15(2,3)13-5-4-10-17-14(13)18-12-8-6-11(16)7-9-12;1-13(2,3)11-4-5-12(14-10-11)15-6-8-16-9-7-15;1-9(2,3)8-5-4-7(10)6-11-8;1-9(2,3)8-4-6-10-7-5-8;1-9(2,3)8-5-4-6-10-7-8;1-9(2,3)8-6-4-5-7-10-8;1-7(2)9-8(3)5-4-6-10-9;1-8(2,3)7-6-9-4-5-10-7/h4-10H,1-3H3;4-5,10H,6-9H2,1-3H3;4-6H,1-3H3;4*4-7H,1-3H3;4-6H,1-3H3. The van der Waals surface area contributed by atoms with E-state index >= 15 is 0 Å². The molecule has 0 N–H and O–H groups in total. The lowest BCUT2D eigenvalue weighted by Crippen LogP contribution is -2.36. The Labute approximate surface area is 576 Å². The molecule has 95 heavy (non-hydrogen) atoms. The fourth-order valence-corrected chi connectivity index (χ4v) is 8.65. The summed E-state index contributed by atoms with van der Waals surface area (Å²) < 4.78 is 23.9. The first-order valence-electron chi connectivity index (χ1n) is 32.9. The minimum absolute atomic E-state index is 0.0520. The van der Waals surface area contributed by atoms with Crippen LogP contribution in [0.15, 0.2) is 190 Å². The van der Waals surface area contributed by atoms with Crippen LogP contribution in [0.4, 0.5) is 10.2 Å². The molecule has 9 aromatic rings. The van der Waals surface area contributed by atoms with Crippen molar-refractivity contribution in [3.63, 3.8) is 0 Å². The van der Waals surface area contributed by atoms with Gasteiger partial charge in [-0.15, -0.1) is 0 Å². The average molecular weight is 1310 g/mol. The molecule has 512 valence electrons. The quantitative estimate of drug-likeness (QED) is 0.166. The lowest BCUT2D eigenvalue weighted by molar-refractivity contribution is 0.122. The number of anilines is 1. The minimum Gasteiger partial charge on any atom is -0.439 e. The first-order chi connectivity index (χ1) is 44.2. The summed E-state index contributed by atoms with van der Waals surface area (Å²) in [6.07, 6.45) is 21.6. The molecule has 0 spiro atoms. The van der Waals surface area contributed by atoms with E-state index in [0.717, 1.165) is 54.8 Å². The van der Waals surface area contributed by atoms with Gasteiger partial charge in [-0.05, 0) is 142 Å². The van der Waals surface area contributed by atoms with Gasteiger partial charge in [0.2, 0.25) is 5.88 Å². The van der Waals surface area contributed by atoms with Crippen molar-refractivity contribution in [2.24, 2.45) is 0 Å². The van der Waals surface area contributed by atoms with Gasteiger partial charge in [-0.25, -0.2) is 14.4 Å². The van der Waals surface area contributed by atoms with Gasteiger partial charge in [0.1, 0.15) is 17.4 Å².